The number of nitrogens with one attached hydrogen (secondary N) is 4. The first kappa shape index (κ1) is 21.0. The normalized spacial score (nSPS) is 10.9. The molecule has 0 saturated carbocycles. The maximum atomic E-state index is 5.24. The molecule has 2 aromatic heterocycles. The van der Waals surface area contributed by atoms with Crippen molar-refractivity contribution in [2.24, 2.45) is 21.7 Å². The van der Waals surface area contributed by atoms with E-state index in [-0.39, 0.29) is 10.2 Å². The Morgan fingerprint density at radius 3 is 1.53 bits per heavy atom. The summed E-state index contributed by atoms with van der Waals surface area (Å²) in [5, 5.41) is 10.4. The molecule has 152 valence electrons. The predicted octanol–water partition coefficient (Wildman–Crippen LogP) is 2.67. The van der Waals surface area contributed by atoms with Gasteiger partial charge in [-0.15, -0.1) is 0 Å². The summed E-state index contributed by atoms with van der Waals surface area (Å²) < 4.78 is 0. The second kappa shape index (κ2) is 10.1. The Balaban J connectivity index is 0.000000171. The number of benzene rings is 2. The van der Waals surface area contributed by atoms with Crippen molar-refractivity contribution in [1.29, 1.82) is 0 Å². The second-order valence-electron chi connectivity index (χ2n) is 6.05. The standard InChI is InChI=1S/2C10H10N4S/c2*11-10(15)14-13-6-7-5-12-9-4-2-1-3-8(7)9/h2*1-6,12H,(H3,11,14,15)/b2*13-6+. The minimum absolute atomic E-state index is 0.158. The van der Waals surface area contributed by atoms with Crippen molar-refractivity contribution in [2.45, 2.75) is 0 Å². The van der Waals surface area contributed by atoms with Crippen LogP contribution in [0.25, 0.3) is 21.8 Å². The number of H-pyrrole nitrogens is 2. The quantitative estimate of drug-likeness (QED) is 0.166. The van der Waals surface area contributed by atoms with Crippen LogP contribution < -0.4 is 22.3 Å². The summed E-state index contributed by atoms with van der Waals surface area (Å²) in [6, 6.07) is 16.0. The summed E-state index contributed by atoms with van der Waals surface area (Å²) in [6.07, 6.45) is 7.13. The first-order valence-electron chi connectivity index (χ1n) is 8.84. The lowest BCUT2D eigenvalue weighted by Gasteiger charge is -1.93. The summed E-state index contributed by atoms with van der Waals surface area (Å²) in [6.45, 7) is 0. The number of nitrogens with two attached hydrogens (primary N) is 2. The highest BCUT2D eigenvalue weighted by molar-refractivity contribution is 7.80. The molecule has 8 nitrogen and oxygen atoms in total. The van der Waals surface area contributed by atoms with Crippen LogP contribution >= 0.6 is 24.4 Å². The van der Waals surface area contributed by atoms with Gasteiger partial charge in [0.2, 0.25) is 0 Å². The molecule has 0 aliphatic rings. The van der Waals surface area contributed by atoms with Crippen LogP contribution in [0.1, 0.15) is 11.1 Å². The molecule has 0 amide bonds. The SMILES string of the molecule is NC(=S)N/N=C/c1c[nH]c2ccccc12.NC(=S)N/N=C/c1c[nH]c2ccccc12. The van der Waals surface area contributed by atoms with Crippen LogP contribution in [0.3, 0.4) is 0 Å². The number of fused-ring (bicyclic) bond motifs is 2. The molecule has 0 bridgehead atoms. The average molecular weight is 437 g/mol. The van der Waals surface area contributed by atoms with Gasteiger partial charge in [-0.1, -0.05) is 36.4 Å². The van der Waals surface area contributed by atoms with Gasteiger partial charge in [0, 0.05) is 45.3 Å². The fourth-order valence-electron chi connectivity index (χ4n) is 2.73. The number of hydrazone groups is 2. The van der Waals surface area contributed by atoms with E-state index in [2.05, 4.69) is 55.5 Å². The molecule has 2 heterocycles. The topological polar surface area (TPSA) is 132 Å². The van der Waals surface area contributed by atoms with E-state index >= 15 is 0 Å². The third-order valence-corrected chi connectivity index (χ3v) is 4.18. The van der Waals surface area contributed by atoms with Gasteiger partial charge in [0.05, 0.1) is 12.4 Å². The Morgan fingerprint density at radius 1 is 0.733 bits per heavy atom. The van der Waals surface area contributed by atoms with Gasteiger partial charge < -0.3 is 21.4 Å². The van der Waals surface area contributed by atoms with E-state index in [9.17, 15) is 0 Å². The number of aromatic nitrogens is 2. The number of hydrogen-bond acceptors (Lipinski definition) is 4. The summed E-state index contributed by atoms with van der Waals surface area (Å²) >= 11 is 9.26. The molecule has 10 heteroatoms. The number of nitrogens with zero attached hydrogens (tertiary/aromatic N) is 2. The summed E-state index contributed by atoms with van der Waals surface area (Å²) in [5.41, 5.74) is 19.7. The van der Waals surface area contributed by atoms with Crippen LogP contribution in [0.4, 0.5) is 0 Å². The minimum atomic E-state index is 0.158. The van der Waals surface area contributed by atoms with E-state index in [1.165, 1.54) is 0 Å². The number of thiocarbonyl (C=S) groups is 2. The summed E-state index contributed by atoms with van der Waals surface area (Å²) in [7, 11) is 0. The monoisotopic (exact) mass is 436 g/mol. The number of para-hydroxylation sites is 2. The van der Waals surface area contributed by atoms with Gasteiger partial charge in [0.25, 0.3) is 0 Å². The van der Waals surface area contributed by atoms with Gasteiger partial charge in [0.15, 0.2) is 10.2 Å². The summed E-state index contributed by atoms with van der Waals surface area (Å²) in [4.78, 5) is 6.29. The number of hydrogen-bond donors (Lipinski definition) is 6. The van der Waals surface area contributed by atoms with Crippen LogP contribution in [0.15, 0.2) is 71.1 Å². The molecular formula is C20H20N8S2. The molecule has 8 N–H and O–H groups in total. The molecule has 0 saturated heterocycles. The van der Waals surface area contributed by atoms with Crippen molar-refractivity contribution in [3.8, 4) is 0 Å². The van der Waals surface area contributed by atoms with Crippen molar-refractivity contribution in [1.82, 2.24) is 20.8 Å². The molecule has 0 aliphatic carbocycles. The van der Waals surface area contributed by atoms with Gasteiger partial charge in [-0.2, -0.15) is 10.2 Å². The molecular weight excluding hydrogens is 416 g/mol. The molecule has 0 unspecified atom stereocenters. The second-order valence-corrected chi connectivity index (χ2v) is 6.93. The zero-order valence-electron chi connectivity index (χ0n) is 15.8. The van der Waals surface area contributed by atoms with Gasteiger partial charge in [-0.25, -0.2) is 0 Å². The molecule has 0 radical (unpaired) electrons. The van der Waals surface area contributed by atoms with Crippen LogP contribution in [-0.2, 0) is 0 Å². The van der Waals surface area contributed by atoms with E-state index in [1.54, 1.807) is 12.4 Å². The fourth-order valence-corrected chi connectivity index (χ4v) is 2.84. The lowest BCUT2D eigenvalue weighted by atomic mass is 10.2. The Morgan fingerprint density at radius 2 is 1.13 bits per heavy atom. The van der Waals surface area contributed by atoms with Crippen molar-refractivity contribution in [2.75, 3.05) is 0 Å². The van der Waals surface area contributed by atoms with Gasteiger partial charge >= 0.3 is 0 Å². The lowest BCUT2D eigenvalue weighted by molar-refractivity contribution is 1.04. The largest absolute Gasteiger partial charge is 0.375 e. The van der Waals surface area contributed by atoms with Gasteiger partial charge in [-0.05, 0) is 36.6 Å². The molecule has 30 heavy (non-hydrogen) atoms. The molecule has 4 aromatic rings. The van der Waals surface area contributed by atoms with Crippen LogP contribution in [0, 0.1) is 0 Å². The summed E-state index contributed by atoms with van der Waals surface area (Å²) in [5.74, 6) is 0. The molecule has 0 fully saturated rings. The maximum Gasteiger partial charge on any atom is 0.184 e. The highest BCUT2D eigenvalue weighted by atomic mass is 32.1. The average Bonchev–Trinajstić information content (AvgIpc) is 3.33. The minimum Gasteiger partial charge on any atom is -0.375 e. The first-order chi connectivity index (χ1) is 14.5. The molecule has 0 atom stereocenters. The Bertz CT molecular complexity index is 1130. The fraction of sp³-hybridized carbons (Fsp3) is 0. The van der Waals surface area contributed by atoms with E-state index in [1.807, 2.05) is 60.9 Å². The molecule has 4 rings (SSSR count). The van der Waals surface area contributed by atoms with E-state index in [4.69, 9.17) is 11.5 Å². The molecule has 0 aliphatic heterocycles. The Kier molecular flexibility index (Phi) is 7.09. The number of rotatable bonds is 4. The third kappa shape index (κ3) is 5.63. The third-order valence-electron chi connectivity index (χ3n) is 4.00. The number of aromatic amines is 2. The zero-order valence-corrected chi connectivity index (χ0v) is 17.4. The highest BCUT2D eigenvalue weighted by Gasteiger charge is 1.99. The van der Waals surface area contributed by atoms with E-state index in [0.29, 0.717) is 0 Å². The highest BCUT2D eigenvalue weighted by Crippen LogP contribution is 2.16. The van der Waals surface area contributed by atoms with E-state index in [0.717, 1.165) is 32.9 Å². The van der Waals surface area contributed by atoms with Gasteiger partial charge in [0.1, 0.15) is 0 Å². The zero-order chi connectivity index (χ0) is 21.3. The van der Waals surface area contributed by atoms with Crippen LogP contribution in [-0.4, -0.2) is 32.6 Å². The van der Waals surface area contributed by atoms with Crippen molar-refractivity contribution >= 4 is 68.9 Å². The van der Waals surface area contributed by atoms with E-state index < -0.39 is 0 Å². The Labute approximate surface area is 183 Å². The first-order valence-corrected chi connectivity index (χ1v) is 9.65. The Hall–Kier alpha value is -3.76. The molecule has 2 aromatic carbocycles. The van der Waals surface area contributed by atoms with Crippen LogP contribution in [0.2, 0.25) is 0 Å². The van der Waals surface area contributed by atoms with Crippen molar-refractivity contribution < 1.29 is 0 Å². The van der Waals surface area contributed by atoms with Crippen molar-refractivity contribution in [3.63, 3.8) is 0 Å². The van der Waals surface area contributed by atoms with Crippen molar-refractivity contribution in [3.05, 3.63) is 72.1 Å². The van der Waals surface area contributed by atoms with Gasteiger partial charge in [-0.3, -0.25) is 10.9 Å². The molecule has 0 spiro atoms. The lowest BCUT2D eigenvalue weighted by Crippen LogP contribution is -2.23. The predicted molar refractivity (Wildman–Crippen MR) is 132 cm³/mol. The maximum absolute atomic E-state index is 5.24. The van der Waals surface area contributed by atoms with Crippen LogP contribution in [0.5, 0.6) is 0 Å². The smallest absolute Gasteiger partial charge is 0.184 e.